The van der Waals surface area contributed by atoms with Crippen molar-refractivity contribution in [2.45, 2.75) is 97.8 Å². The molecule has 2 heteroatoms. The van der Waals surface area contributed by atoms with Gasteiger partial charge in [-0.15, -0.1) is 18.1 Å². The minimum Gasteiger partial charge on any atom is -0.343 e. The van der Waals surface area contributed by atoms with Gasteiger partial charge in [0.2, 0.25) is 0 Å². The van der Waals surface area contributed by atoms with Crippen molar-refractivity contribution in [3.8, 4) is 0 Å². The quantitative estimate of drug-likeness (QED) is 0.272. The van der Waals surface area contributed by atoms with Crippen LogP contribution in [0.2, 0.25) is 0 Å². The van der Waals surface area contributed by atoms with Gasteiger partial charge < -0.3 is 19.8 Å². The molecule has 0 saturated heterocycles. The van der Waals surface area contributed by atoms with Gasteiger partial charge in [-0.2, -0.15) is 32.1 Å². The number of rotatable bonds is 6. The van der Waals surface area contributed by atoms with Crippen LogP contribution in [0.4, 0.5) is 0 Å². The van der Waals surface area contributed by atoms with Crippen LogP contribution < -0.4 is 0 Å². The summed E-state index contributed by atoms with van der Waals surface area (Å²) in [5, 5.41) is 0. The first kappa shape index (κ1) is 28.2. The zero-order valence-corrected chi connectivity index (χ0v) is 22.4. The van der Waals surface area contributed by atoms with Crippen LogP contribution in [0.5, 0.6) is 0 Å². The molecule has 2 aliphatic rings. The van der Waals surface area contributed by atoms with Crippen LogP contribution in [0.3, 0.4) is 0 Å². The molecule has 0 aromatic rings. The van der Waals surface area contributed by atoms with E-state index in [9.17, 15) is 0 Å². The Labute approximate surface area is 203 Å². The maximum atomic E-state index is 4.13. The molecular formula is C22H39Y2-3. The smallest absolute Gasteiger partial charge is 0 e. The molecule has 1 saturated carbocycles. The van der Waals surface area contributed by atoms with Crippen LogP contribution >= 0.6 is 0 Å². The summed E-state index contributed by atoms with van der Waals surface area (Å²) in [6.07, 6.45) is 18.3. The minimum absolute atomic E-state index is 0. The molecule has 0 bridgehead atoms. The van der Waals surface area contributed by atoms with E-state index in [2.05, 4.69) is 40.7 Å². The van der Waals surface area contributed by atoms with Gasteiger partial charge >= 0.3 is 0 Å². The zero-order chi connectivity index (χ0) is 16.4. The van der Waals surface area contributed by atoms with E-state index in [4.69, 9.17) is 0 Å². The molecule has 0 amide bonds. The van der Waals surface area contributed by atoms with Crippen molar-refractivity contribution < 1.29 is 65.4 Å². The third-order valence-corrected chi connectivity index (χ3v) is 5.33. The number of unbranched alkanes of at least 4 members (excludes halogenated alkanes) is 1. The Balaban J connectivity index is 0. The van der Waals surface area contributed by atoms with E-state index in [-0.39, 0.29) is 65.4 Å². The van der Waals surface area contributed by atoms with Gasteiger partial charge in [0, 0.05) is 65.4 Å². The zero-order valence-electron chi connectivity index (χ0n) is 16.7. The Bertz CT molecular complexity index is 314. The largest absolute Gasteiger partial charge is 0.343 e. The monoisotopic (exact) mass is 481 g/mol. The Morgan fingerprint density at radius 2 is 1.75 bits per heavy atom. The topological polar surface area (TPSA) is 0 Å². The molecule has 2 radical (unpaired) electrons. The van der Waals surface area contributed by atoms with Crippen LogP contribution in [0, 0.1) is 31.1 Å². The van der Waals surface area contributed by atoms with E-state index in [0.717, 1.165) is 18.8 Å². The number of hydrogen-bond acceptors (Lipinski definition) is 0. The van der Waals surface area contributed by atoms with Crippen molar-refractivity contribution in [2.24, 2.45) is 11.3 Å². The van der Waals surface area contributed by atoms with Gasteiger partial charge in [0.05, 0.1) is 0 Å². The van der Waals surface area contributed by atoms with Gasteiger partial charge in [-0.3, -0.25) is 0 Å². The molecular weight excluding hydrogens is 442 g/mol. The van der Waals surface area contributed by atoms with Crippen molar-refractivity contribution in [1.29, 1.82) is 0 Å². The first-order valence-corrected chi connectivity index (χ1v) is 9.59. The van der Waals surface area contributed by atoms with E-state index < -0.39 is 0 Å². The van der Waals surface area contributed by atoms with Gasteiger partial charge in [-0.25, -0.2) is 0 Å². The van der Waals surface area contributed by atoms with Crippen LogP contribution in [-0.4, -0.2) is 0 Å². The standard InChI is InChI=1S/C12H23.C10H16.2Y/c1-4-12(10-11(2)3)8-6-5-7-9-12;1-3-4-5-10-7-6-9(2)8-10;;/h11H,1,4-10H2,2-3H3;6H,1,3-5,7-8H2,2H3;;/q-1;-2;;. The Morgan fingerprint density at radius 3 is 2.17 bits per heavy atom. The van der Waals surface area contributed by atoms with Gasteiger partial charge in [-0.05, 0) is 19.3 Å². The molecule has 0 aromatic heterocycles. The van der Waals surface area contributed by atoms with Crippen LogP contribution in [0.1, 0.15) is 97.8 Å². The number of allylic oxidation sites excluding steroid dienone is 2. The predicted molar refractivity (Wildman–Crippen MR) is 100 cm³/mol. The SMILES string of the molecule is [CH2-]CC1(CC(C)C)CCCCC1.[CH2-]CCC[C-]1CC=C(C)C1.[Y].[Y]. The normalized spacial score (nSPS) is 19.7. The van der Waals surface area contributed by atoms with E-state index in [1.54, 1.807) is 11.5 Å². The van der Waals surface area contributed by atoms with Gasteiger partial charge in [0.15, 0.2) is 0 Å². The van der Waals surface area contributed by atoms with Crippen molar-refractivity contribution in [3.63, 3.8) is 0 Å². The van der Waals surface area contributed by atoms with Gasteiger partial charge in [0.1, 0.15) is 0 Å². The Morgan fingerprint density at radius 1 is 1.12 bits per heavy atom. The van der Waals surface area contributed by atoms with Crippen molar-refractivity contribution in [2.75, 3.05) is 0 Å². The van der Waals surface area contributed by atoms with Gasteiger partial charge in [-0.1, -0.05) is 51.4 Å². The van der Waals surface area contributed by atoms with E-state index in [1.807, 2.05) is 0 Å². The maximum absolute atomic E-state index is 4.13. The molecule has 1 fully saturated rings. The summed E-state index contributed by atoms with van der Waals surface area (Å²) in [7, 11) is 0. The average molecular weight is 481 g/mol. The van der Waals surface area contributed by atoms with Crippen LogP contribution in [0.25, 0.3) is 0 Å². The summed E-state index contributed by atoms with van der Waals surface area (Å²) in [6.45, 7) is 14.9. The van der Waals surface area contributed by atoms with Crippen molar-refractivity contribution in [3.05, 3.63) is 31.4 Å². The molecule has 0 aliphatic heterocycles. The minimum atomic E-state index is 0. The second kappa shape index (κ2) is 16.0. The summed E-state index contributed by atoms with van der Waals surface area (Å²) >= 11 is 0. The molecule has 0 heterocycles. The first-order chi connectivity index (χ1) is 10.5. The Hall–Kier alpha value is 1.95. The molecule has 0 atom stereocenters. The maximum Gasteiger partial charge on any atom is 0 e. The fraction of sp³-hybridized carbons (Fsp3) is 0.773. The predicted octanol–water partition coefficient (Wildman–Crippen LogP) is 7.51. The van der Waals surface area contributed by atoms with Crippen molar-refractivity contribution >= 4 is 0 Å². The summed E-state index contributed by atoms with van der Waals surface area (Å²) < 4.78 is 0. The van der Waals surface area contributed by atoms with Crippen LogP contribution in [-0.2, 0) is 65.4 Å². The molecule has 0 spiro atoms. The second-order valence-corrected chi connectivity index (χ2v) is 8.05. The summed E-state index contributed by atoms with van der Waals surface area (Å²) in [5.74, 6) is 2.56. The molecule has 24 heavy (non-hydrogen) atoms. The molecule has 0 N–H and O–H groups in total. The Kier molecular flexibility index (Phi) is 18.7. The first-order valence-electron chi connectivity index (χ1n) is 9.59. The average Bonchev–Trinajstić information content (AvgIpc) is 2.91. The van der Waals surface area contributed by atoms with Crippen LogP contribution in [0.15, 0.2) is 11.6 Å². The van der Waals surface area contributed by atoms with E-state index in [0.29, 0.717) is 5.41 Å². The molecule has 0 nitrogen and oxygen atoms in total. The second-order valence-electron chi connectivity index (χ2n) is 8.05. The molecule has 0 aromatic carbocycles. The summed E-state index contributed by atoms with van der Waals surface area (Å²) in [6, 6.07) is 0. The summed E-state index contributed by atoms with van der Waals surface area (Å²) in [5.41, 5.74) is 2.19. The van der Waals surface area contributed by atoms with E-state index in [1.165, 1.54) is 64.2 Å². The third kappa shape index (κ3) is 11.6. The van der Waals surface area contributed by atoms with Gasteiger partial charge in [0.25, 0.3) is 0 Å². The third-order valence-electron chi connectivity index (χ3n) is 5.33. The fourth-order valence-corrected chi connectivity index (χ4v) is 4.15. The van der Waals surface area contributed by atoms with Crippen molar-refractivity contribution in [1.82, 2.24) is 0 Å². The molecule has 136 valence electrons. The fourth-order valence-electron chi connectivity index (χ4n) is 4.15. The summed E-state index contributed by atoms with van der Waals surface area (Å²) in [4.78, 5) is 0. The molecule has 0 unspecified atom stereocenters. The molecule has 2 rings (SSSR count). The van der Waals surface area contributed by atoms with E-state index >= 15 is 0 Å². The number of hydrogen-bond donors (Lipinski definition) is 0. The molecule has 2 aliphatic carbocycles.